The van der Waals surface area contributed by atoms with E-state index in [0.717, 1.165) is 68.3 Å². The highest BCUT2D eigenvalue weighted by Crippen LogP contribution is 2.49. The molecule has 0 N–H and O–H groups in total. The summed E-state index contributed by atoms with van der Waals surface area (Å²) in [6.07, 6.45) is 6.49. The van der Waals surface area contributed by atoms with Crippen molar-refractivity contribution in [2.24, 2.45) is 5.92 Å². The third-order valence-corrected chi connectivity index (χ3v) is 8.70. The van der Waals surface area contributed by atoms with Crippen LogP contribution in [-0.4, -0.2) is 47.2 Å². The van der Waals surface area contributed by atoms with Crippen molar-refractivity contribution in [3.8, 4) is 0 Å². The van der Waals surface area contributed by atoms with Gasteiger partial charge in [-0.2, -0.15) is 0 Å². The Morgan fingerprint density at radius 3 is 2.40 bits per heavy atom. The zero-order valence-corrected chi connectivity index (χ0v) is 21.1. The van der Waals surface area contributed by atoms with E-state index in [2.05, 4.69) is 11.8 Å². The highest BCUT2D eigenvalue weighted by atomic mass is 19.1. The molecule has 4 nitrogen and oxygen atoms in total. The third-order valence-electron chi connectivity index (χ3n) is 8.70. The lowest BCUT2D eigenvalue weighted by Gasteiger charge is -2.41. The second-order valence-corrected chi connectivity index (χ2v) is 11.0. The number of piperazine rings is 1. The van der Waals surface area contributed by atoms with Crippen LogP contribution in [0.1, 0.15) is 67.7 Å². The predicted molar refractivity (Wildman–Crippen MR) is 136 cm³/mol. The van der Waals surface area contributed by atoms with Crippen molar-refractivity contribution in [2.75, 3.05) is 19.6 Å². The van der Waals surface area contributed by atoms with E-state index in [0.29, 0.717) is 31.0 Å². The van der Waals surface area contributed by atoms with Crippen LogP contribution in [0.3, 0.4) is 0 Å². The van der Waals surface area contributed by atoms with Crippen LogP contribution in [0.2, 0.25) is 0 Å². The average molecular weight is 477 g/mol. The number of carbonyl (C=O) groups is 2. The normalized spacial score (nSPS) is 22.4. The molecule has 5 rings (SSSR count). The number of halogens is 1. The molecule has 0 unspecified atom stereocenters. The first-order valence-corrected chi connectivity index (χ1v) is 13.3. The first kappa shape index (κ1) is 24.2. The summed E-state index contributed by atoms with van der Waals surface area (Å²) in [7, 11) is 0. The van der Waals surface area contributed by atoms with Gasteiger partial charge in [-0.05, 0) is 62.3 Å². The molecule has 1 heterocycles. The molecular weight excluding hydrogens is 439 g/mol. The van der Waals surface area contributed by atoms with Crippen molar-refractivity contribution in [3.05, 3.63) is 70.5 Å². The van der Waals surface area contributed by atoms with Crippen molar-refractivity contribution in [3.63, 3.8) is 0 Å². The predicted octanol–water partition coefficient (Wildman–Crippen LogP) is 5.20. The molecule has 2 aromatic rings. The van der Waals surface area contributed by atoms with Crippen molar-refractivity contribution in [1.82, 2.24) is 9.80 Å². The maximum atomic E-state index is 15.0. The van der Waals surface area contributed by atoms with Crippen LogP contribution in [0.5, 0.6) is 0 Å². The summed E-state index contributed by atoms with van der Waals surface area (Å²) >= 11 is 0. The van der Waals surface area contributed by atoms with E-state index in [-0.39, 0.29) is 29.0 Å². The van der Waals surface area contributed by atoms with Gasteiger partial charge in [0.1, 0.15) is 11.6 Å². The van der Waals surface area contributed by atoms with Crippen LogP contribution in [0.4, 0.5) is 4.39 Å². The summed E-state index contributed by atoms with van der Waals surface area (Å²) in [4.78, 5) is 30.6. The second-order valence-electron chi connectivity index (χ2n) is 11.0. The number of amides is 1. The molecule has 1 saturated heterocycles. The summed E-state index contributed by atoms with van der Waals surface area (Å²) in [5, 5.41) is 0. The molecule has 1 atom stereocenters. The van der Waals surface area contributed by atoms with Crippen molar-refractivity contribution < 1.29 is 14.0 Å². The first-order valence-electron chi connectivity index (χ1n) is 13.3. The Balaban J connectivity index is 1.26. The maximum Gasteiger partial charge on any atom is 0.226 e. The number of Topliss-reactive ketones (excluding diaryl/α,β-unsaturated/α-hetero) is 1. The van der Waals surface area contributed by atoms with E-state index in [1.54, 1.807) is 6.07 Å². The molecule has 1 aliphatic heterocycles. The summed E-state index contributed by atoms with van der Waals surface area (Å²) in [6.45, 7) is 6.77. The number of ketones is 1. The molecule has 1 amide bonds. The zero-order chi connectivity index (χ0) is 24.6. The van der Waals surface area contributed by atoms with E-state index in [4.69, 9.17) is 0 Å². The van der Waals surface area contributed by atoms with Crippen LogP contribution in [-0.2, 0) is 28.0 Å². The summed E-state index contributed by atoms with van der Waals surface area (Å²) in [6, 6.07) is 13.5. The van der Waals surface area contributed by atoms with Crippen LogP contribution in [0.15, 0.2) is 42.5 Å². The number of rotatable bonds is 7. The van der Waals surface area contributed by atoms with Gasteiger partial charge in [-0.15, -0.1) is 0 Å². The number of hydrogen-bond acceptors (Lipinski definition) is 3. The molecule has 3 fully saturated rings. The van der Waals surface area contributed by atoms with Crippen LogP contribution >= 0.6 is 0 Å². The Kier molecular flexibility index (Phi) is 6.80. The van der Waals surface area contributed by atoms with Gasteiger partial charge in [0.25, 0.3) is 0 Å². The minimum atomic E-state index is -0.361. The minimum absolute atomic E-state index is 0.130. The highest BCUT2D eigenvalue weighted by Gasteiger charge is 2.50. The lowest BCUT2D eigenvalue weighted by molar-refractivity contribution is -0.140. The minimum Gasteiger partial charge on any atom is -0.337 e. The van der Waals surface area contributed by atoms with E-state index in [1.165, 1.54) is 6.07 Å². The number of nitrogens with zero attached hydrogens (tertiary/aromatic N) is 2. The molecule has 35 heavy (non-hydrogen) atoms. The molecule has 3 aliphatic rings. The molecule has 2 aromatic carbocycles. The smallest absolute Gasteiger partial charge is 0.226 e. The van der Waals surface area contributed by atoms with E-state index < -0.39 is 0 Å². The molecular formula is C30H37FN2O2. The lowest BCUT2D eigenvalue weighted by atomic mass is 9.86. The van der Waals surface area contributed by atoms with E-state index in [9.17, 15) is 14.0 Å². The van der Waals surface area contributed by atoms with Crippen molar-refractivity contribution >= 4 is 11.7 Å². The van der Waals surface area contributed by atoms with Gasteiger partial charge in [0.15, 0.2) is 0 Å². The molecule has 2 saturated carbocycles. The SMILES string of the molecule is Cc1c(CC(=O)C2(c3ccccc3)CC2)ccc(F)c1CN1CCN(C(=O)C2CCCC2)[C@@H](C)C1. The Hall–Kier alpha value is -2.53. The maximum absolute atomic E-state index is 15.0. The quantitative estimate of drug-likeness (QED) is 0.552. The van der Waals surface area contributed by atoms with Crippen LogP contribution < -0.4 is 0 Å². The first-order chi connectivity index (χ1) is 16.9. The molecule has 5 heteroatoms. The molecule has 0 radical (unpaired) electrons. The van der Waals surface area contributed by atoms with Gasteiger partial charge in [-0.3, -0.25) is 14.5 Å². The van der Waals surface area contributed by atoms with Gasteiger partial charge in [0.05, 0.1) is 5.41 Å². The Labute approximate surface area is 208 Å². The topological polar surface area (TPSA) is 40.6 Å². The number of benzene rings is 2. The van der Waals surface area contributed by atoms with Crippen molar-refractivity contribution in [1.29, 1.82) is 0 Å². The fourth-order valence-electron chi connectivity index (χ4n) is 6.25. The fraction of sp³-hybridized carbons (Fsp3) is 0.533. The van der Waals surface area contributed by atoms with Crippen LogP contribution in [0.25, 0.3) is 0 Å². The van der Waals surface area contributed by atoms with Crippen LogP contribution in [0, 0.1) is 18.7 Å². The molecule has 0 aromatic heterocycles. The Bertz CT molecular complexity index is 1090. The Morgan fingerprint density at radius 1 is 1.03 bits per heavy atom. The standard InChI is InChI=1S/C30H37FN2O2/c1-21-19-32(16-17-33(21)29(35)23-8-6-7-9-23)20-26-22(2)24(12-13-27(26)31)18-28(34)30(14-15-30)25-10-4-3-5-11-25/h3-5,10-13,21,23H,6-9,14-20H2,1-2H3/t21-/m0/s1. The summed E-state index contributed by atoms with van der Waals surface area (Å²) in [5.74, 6) is 0.533. The molecule has 2 aliphatic carbocycles. The third kappa shape index (κ3) is 4.80. The van der Waals surface area contributed by atoms with Gasteiger partial charge in [-0.25, -0.2) is 4.39 Å². The van der Waals surface area contributed by atoms with Gasteiger partial charge in [-0.1, -0.05) is 49.2 Å². The second kappa shape index (κ2) is 9.85. The summed E-state index contributed by atoms with van der Waals surface area (Å²) in [5.41, 5.74) is 3.24. The van der Waals surface area contributed by atoms with Gasteiger partial charge < -0.3 is 4.90 Å². The van der Waals surface area contributed by atoms with Gasteiger partial charge >= 0.3 is 0 Å². The largest absolute Gasteiger partial charge is 0.337 e. The monoisotopic (exact) mass is 476 g/mol. The lowest BCUT2D eigenvalue weighted by Crippen LogP contribution is -2.54. The molecule has 0 spiro atoms. The summed E-state index contributed by atoms with van der Waals surface area (Å²) < 4.78 is 15.0. The number of hydrogen-bond donors (Lipinski definition) is 0. The van der Waals surface area contributed by atoms with E-state index >= 15 is 0 Å². The van der Waals surface area contributed by atoms with E-state index in [1.807, 2.05) is 42.2 Å². The average Bonchev–Trinajstić information content (AvgIpc) is 3.50. The van der Waals surface area contributed by atoms with Crippen molar-refractivity contribution in [2.45, 2.75) is 76.8 Å². The number of carbonyl (C=O) groups excluding carboxylic acids is 2. The van der Waals surface area contributed by atoms with Gasteiger partial charge in [0.2, 0.25) is 5.91 Å². The Morgan fingerprint density at radius 2 is 1.74 bits per heavy atom. The molecule has 0 bridgehead atoms. The van der Waals surface area contributed by atoms with Gasteiger partial charge in [0, 0.05) is 50.1 Å². The highest BCUT2D eigenvalue weighted by molar-refractivity contribution is 5.94. The molecule has 186 valence electrons. The fourth-order valence-corrected chi connectivity index (χ4v) is 6.25. The zero-order valence-electron chi connectivity index (χ0n) is 21.1.